The predicted molar refractivity (Wildman–Crippen MR) is 123 cm³/mol. The van der Waals surface area contributed by atoms with Gasteiger partial charge in [0.1, 0.15) is 5.52 Å². The van der Waals surface area contributed by atoms with Crippen LogP contribution in [0.5, 0.6) is 0 Å². The summed E-state index contributed by atoms with van der Waals surface area (Å²) in [4.78, 5) is 30.6. The van der Waals surface area contributed by atoms with Crippen molar-refractivity contribution in [3.8, 4) is 11.5 Å². The summed E-state index contributed by atoms with van der Waals surface area (Å²) >= 11 is 1.55. The molecule has 1 amide bonds. The molecule has 0 saturated carbocycles. The van der Waals surface area contributed by atoms with Crippen molar-refractivity contribution in [2.45, 2.75) is 6.54 Å². The molecular weight excluding hydrogens is 424 g/mol. The van der Waals surface area contributed by atoms with Gasteiger partial charge < -0.3 is 14.5 Å². The van der Waals surface area contributed by atoms with Crippen molar-refractivity contribution in [1.82, 2.24) is 10.3 Å². The van der Waals surface area contributed by atoms with Gasteiger partial charge in [-0.15, -0.1) is 11.3 Å². The van der Waals surface area contributed by atoms with Crippen molar-refractivity contribution in [1.29, 1.82) is 0 Å². The van der Waals surface area contributed by atoms with Crippen LogP contribution in [0.1, 0.15) is 15.2 Å². The Bertz CT molecular complexity index is 1380. The van der Waals surface area contributed by atoms with Crippen LogP contribution in [-0.2, 0) is 16.1 Å². The largest absolute Gasteiger partial charge is 0.452 e. The Morgan fingerprint density at radius 3 is 2.62 bits per heavy atom. The van der Waals surface area contributed by atoms with E-state index in [-0.39, 0.29) is 12.5 Å². The van der Waals surface area contributed by atoms with Crippen LogP contribution in [0, 0.1) is 0 Å². The van der Waals surface area contributed by atoms with Gasteiger partial charge in [-0.1, -0.05) is 42.5 Å². The fourth-order valence-electron chi connectivity index (χ4n) is 3.54. The molecule has 5 aromatic rings. The minimum atomic E-state index is -0.578. The first kappa shape index (κ1) is 20.0. The summed E-state index contributed by atoms with van der Waals surface area (Å²) in [6.07, 6.45) is 0. The van der Waals surface area contributed by atoms with E-state index in [4.69, 9.17) is 9.15 Å². The van der Waals surface area contributed by atoms with Crippen LogP contribution in [-0.4, -0.2) is 23.5 Å². The quantitative estimate of drug-likeness (QED) is 0.366. The number of para-hydroxylation sites is 2. The number of thiophene rings is 1. The molecule has 0 bridgehead atoms. The van der Waals surface area contributed by atoms with Crippen molar-refractivity contribution >= 4 is 45.1 Å². The van der Waals surface area contributed by atoms with Crippen LogP contribution in [0.2, 0.25) is 0 Å². The molecule has 3 aromatic carbocycles. The number of esters is 1. The van der Waals surface area contributed by atoms with Crippen LogP contribution in [0.4, 0.5) is 0 Å². The monoisotopic (exact) mass is 442 g/mol. The lowest BCUT2D eigenvalue weighted by atomic mass is 9.99. The van der Waals surface area contributed by atoms with E-state index in [0.717, 1.165) is 15.8 Å². The Balaban J connectivity index is 1.41. The number of ether oxygens (including phenoxy) is 1. The molecule has 2 aromatic heterocycles. The molecule has 2 heterocycles. The number of rotatable bonds is 6. The van der Waals surface area contributed by atoms with Gasteiger partial charge >= 0.3 is 5.97 Å². The van der Waals surface area contributed by atoms with Crippen molar-refractivity contribution in [3.63, 3.8) is 0 Å². The molecule has 0 radical (unpaired) electrons. The van der Waals surface area contributed by atoms with Gasteiger partial charge in [-0.25, -0.2) is 9.78 Å². The SMILES string of the molecule is O=C(COC(=O)c1cccc2cccc(-c3nc4ccccc4o3)c12)NCc1cccs1. The maximum Gasteiger partial charge on any atom is 0.339 e. The number of fused-ring (bicyclic) bond motifs is 2. The average Bonchev–Trinajstić information content (AvgIpc) is 3.50. The van der Waals surface area contributed by atoms with E-state index in [2.05, 4.69) is 10.3 Å². The zero-order valence-corrected chi connectivity index (χ0v) is 17.7. The summed E-state index contributed by atoms with van der Waals surface area (Å²) in [6.45, 7) is 0.0514. The number of amides is 1. The highest BCUT2D eigenvalue weighted by Gasteiger charge is 2.19. The third-order valence-electron chi connectivity index (χ3n) is 5.02. The van der Waals surface area contributed by atoms with Gasteiger partial charge in [0.2, 0.25) is 5.89 Å². The van der Waals surface area contributed by atoms with E-state index in [1.807, 2.05) is 66.0 Å². The molecule has 0 spiro atoms. The summed E-state index contributed by atoms with van der Waals surface area (Å²) in [5.74, 6) is -0.512. The molecule has 7 heteroatoms. The first-order valence-electron chi connectivity index (χ1n) is 10.0. The van der Waals surface area contributed by atoms with E-state index < -0.39 is 5.97 Å². The van der Waals surface area contributed by atoms with Gasteiger partial charge in [-0.2, -0.15) is 0 Å². The van der Waals surface area contributed by atoms with Crippen molar-refractivity contribution in [3.05, 3.63) is 88.6 Å². The van der Waals surface area contributed by atoms with E-state index in [1.165, 1.54) is 0 Å². The number of aromatic nitrogens is 1. The number of carbonyl (C=O) groups is 2. The molecule has 32 heavy (non-hydrogen) atoms. The second kappa shape index (κ2) is 8.64. The maximum atomic E-state index is 12.9. The summed E-state index contributed by atoms with van der Waals surface area (Å²) in [5.41, 5.74) is 2.45. The molecule has 0 unspecified atom stereocenters. The molecule has 1 N–H and O–H groups in total. The van der Waals surface area contributed by atoms with Crippen molar-refractivity contribution in [2.75, 3.05) is 6.61 Å². The second-order valence-electron chi connectivity index (χ2n) is 7.13. The summed E-state index contributed by atoms with van der Waals surface area (Å²) in [6, 6.07) is 22.4. The Hall–Kier alpha value is -3.97. The first-order chi connectivity index (χ1) is 15.7. The van der Waals surface area contributed by atoms with Crippen LogP contribution in [0.15, 0.2) is 82.6 Å². The highest BCUT2D eigenvalue weighted by atomic mass is 32.1. The van der Waals surface area contributed by atoms with E-state index in [0.29, 0.717) is 34.5 Å². The number of hydrogen-bond donors (Lipinski definition) is 1. The standard InChI is InChI=1S/C25H18N2O4S/c28-22(26-14-17-8-5-13-32-17)15-30-25(29)19-10-4-7-16-6-3-9-18(23(16)19)24-27-20-11-1-2-12-21(20)31-24/h1-13H,14-15H2,(H,26,28). The Morgan fingerprint density at radius 2 is 1.81 bits per heavy atom. The number of carbonyl (C=O) groups excluding carboxylic acids is 2. The molecule has 0 aliphatic rings. The van der Waals surface area contributed by atoms with Crippen molar-refractivity contribution < 1.29 is 18.7 Å². The third kappa shape index (κ3) is 3.98. The minimum Gasteiger partial charge on any atom is -0.452 e. The van der Waals surface area contributed by atoms with Crippen LogP contribution in [0.3, 0.4) is 0 Å². The van der Waals surface area contributed by atoms with E-state index in [1.54, 1.807) is 23.5 Å². The fourth-order valence-corrected chi connectivity index (χ4v) is 4.18. The Labute approximate surface area is 187 Å². The molecule has 0 saturated heterocycles. The summed E-state index contributed by atoms with van der Waals surface area (Å²) < 4.78 is 11.3. The van der Waals surface area contributed by atoms with E-state index in [9.17, 15) is 9.59 Å². The highest BCUT2D eigenvalue weighted by Crippen LogP contribution is 2.33. The predicted octanol–water partition coefficient (Wildman–Crippen LogP) is 5.18. The molecule has 0 fully saturated rings. The lowest BCUT2D eigenvalue weighted by Gasteiger charge is -2.10. The minimum absolute atomic E-state index is 0.353. The van der Waals surface area contributed by atoms with Gasteiger partial charge in [0.25, 0.3) is 5.91 Å². The van der Waals surface area contributed by atoms with Gasteiger partial charge in [-0.05, 0) is 41.1 Å². The van der Waals surface area contributed by atoms with Gasteiger partial charge in [0.05, 0.1) is 12.1 Å². The van der Waals surface area contributed by atoms with Crippen LogP contribution in [0.25, 0.3) is 33.3 Å². The van der Waals surface area contributed by atoms with E-state index >= 15 is 0 Å². The molecular formula is C25H18N2O4S. The molecule has 158 valence electrons. The summed E-state index contributed by atoms with van der Waals surface area (Å²) in [5, 5.41) is 6.21. The molecule has 0 atom stereocenters. The molecule has 6 nitrogen and oxygen atoms in total. The molecule has 0 aliphatic heterocycles. The van der Waals surface area contributed by atoms with Gasteiger partial charge in [-0.3, -0.25) is 4.79 Å². The topological polar surface area (TPSA) is 81.4 Å². The van der Waals surface area contributed by atoms with Gasteiger partial charge in [0.15, 0.2) is 12.2 Å². The Morgan fingerprint density at radius 1 is 0.969 bits per heavy atom. The van der Waals surface area contributed by atoms with Crippen LogP contribution < -0.4 is 5.32 Å². The molecule has 0 aliphatic carbocycles. The number of oxazole rings is 1. The number of benzene rings is 3. The normalized spacial score (nSPS) is 11.0. The maximum absolute atomic E-state index is 12.9. The van der Waals surface area contributed by atoms with Crippen LogP contribution >= 0.6 is 11.3 Å². The van der Waals surface area contributed by atoms with Gasteiger partial charge in [0, 0.05) is 15.8 Å². The second-order valence-corrected chi connectivity index (χ2v) is 8.16. The molecule has 5 rings (SSSR count). The lowest BCUT2D eigenvalue weighted by molar-refractivity contribution is -0.124. The number of nitrogens with zero attached hydrogens (tertiary/aromatic N) is 1. The average molecular weight is 442 g/mol. The lowest BCUT2D eigenvalue weighted by Crippen LogP contribution is -2.28. The zero-order valence-electron chi connectivity index (χ0n) is 16.9. The van der Waals surface area contributed by atoms with Crippen molar-refractivity contribution in [2.24, 2.45) is 0 Å². The Kier molecular flexibility index (Phi) is 5.39. The highest BCUT2D eigenvalue weighted by molar-refractivity contribution is 7.09. The summed E-state index contributed by atoms with van der Waals surface area (Å²) in [7, 11) is 0. The zero-order chi connectivity index (χ0) is 21.9. The number of hydrogen-bond acceptors (Lipinski definition) is 6. The third-order valence-corrected chi connectivity index (χ3v) is 5.90. The smallest absolute Gasteiger partial charge is 0.339 e. The number of nitrogens with one attached hydrogen (secondary N) is 1. The first-order valence-corrected chi connectivity index (χ1v) is 10.9. The fraction of sp³-hybridized carbons (Fsp3) is 0.0800.